The fourth-order valence-corrected chi connectivity index (χ4v) is 1.72. The zero-order chi connectivity index (χ0) is 9.10. The third-order valence-corrected chi connectivity index (χ3v) is 2.43. The molecule has 0 bridgehead atoms. The Morgan fingerprint density at radius 1 is 1.15 bits per heavy atom. The zero-order valence-corrected chi connectivity index (χ0v) is 7.61. The van der Waals surface area contributed by atoms with E-state index < -0.39 is 0 Å². The molecule has 0 saturated carbocycles. The monoisotopic (exact) mass is 179 g/mol. The highest BCUT2D eigenvalue weighted by Gasteiger charge is 2.14. The number of phenols is 1. The molecule has 0 unspecified atom stereocenters. The summed E-state index contributed by atoms with van der Waals surface area (Å²) in [5.74, 6) is 0.393. The summed E-state index contributed by atoms with van der Waals surface area (Å²) < 4.78 is 0. The van der Waals surface area contributed by atoms with Gasteiger partial charge in [-0.15, -0.1) is 0 Å². The van der Waals surface area contributed by atoms with Crippen molar-refractivity contribution in [2.45, 2.75) is 0 Å². The molecule has 3 nitrogen and oxygen atoms in total. The Kier molecular flexibility index (Phi) is 2.36. The maximum Gasteiger partial charge on any atom is 0.138 e. The maximum absolute atomic E-state index is 9.61. The minimum Gasteiger partial charge on any atom is -0.506 e. The summed E-state index contributed by atoms with van der Waals surface area (Å²) >= 11 is 0. The number of nitrogens with two attached hydrogens (primary N) is 1. The van der Waals surface area contributed by atoms with Crippen LogP contribution < -0.4 is 10.2 Å². The Balaban J connectivity index is 2.18. The molecular formula is C10H15N2O+. The first kappa shape index (κ1) is 8.38. The molecule has 1 fully saturated rings. The number of rotatable bonds is 1. The molecular weight excluding hydrogens is 164 g/mol. The van der Waals surface area contributed by atoms with Gasteiger partial charge in [-0.3, -0.25) is 0 Å². The second-order valence-corrected chi connectivity index (χ2v) is 3.34. The van der Waals surface area contributed by atoms with E-state index in [1.165, 1.54) is 0 Å². The lowest BCUT2D eigenvalue weighted by molar-refractivity contribution is -0.655. The van der Waals surface area contributed by atoms with Crippen LogP contribution in [0.5, 0.6) is 5.75 Å². The number of phenolic OH excluding ortho intramolecular Hbond substituents is 1. The average Bonchev–Trinajstić information content (AvgIpc) is 2.20. The number of para-hydroxylation sites is 2. The van der Waals surface area contributed by atoms with Crippen LogP contribution in [0.1, 0.15) is 0 Å². The van der Waals surface area contributed by atoms with E-state index in [1.807, 2.05) is 18.2 Å². The van der Waals surface area contributed by atoms with Gasteiger partial charge in [0.15, 0.2) is 0 Å². The molecule has 0 amide bonds. The first-order chi connectivity index (χ1) is 6.38. The maximum atomic E-state index is 9.61. The van der Waals surface area contributed by atoms with Crippen molar-refractivity contribution < 1.29 is 10.4 Å². The number of aromatic hydroxyl groups is 1. The lowest BCUT2D eigenvalue weighted by atomic mass is 10.2. The quantitative estimate of drug-likeness (QED) is 0.625. The van der Waals surface area contributed by atoms with Gasteiger partial charge in [-0.2, -0.15) is 0 Å². The van der Waals surface area contributed by atoms with Crippen molar-refractivity contribution in [2.24, 2.45) is 0 Å². The third kappa shape index (κ3) is 1.75. The van der Waals surface area contributed by atoms with Crippen molar-refractivity contribution in [3.05, 3.63) is 24.3 Å². The molecule has 3 N–H and O–H groups in total. The van der Waals surface area contributed by atoms with Crippen molar-refractivity contribution >= 4 is 5.69 Å². The number of hydrogen-bond donors (Lipinski definition) is 2. The smallest absolute Gasteiger partial charge is 0.138 e. The van der Waals surface area contributed by atoms with Crippen LogP contribution in [0.2, 0.25) is 0 Å². The van der Waals surface area contributed by atoms with Crippen LogP contribution in [-0.2, 0) is 0 Å². The summed E-state index contributed by atoms with van der Waals surface area (Å²) in [6.07, 6.45) is 0. The van der Waals surface area contributed by atoms with Crippen LogP contribution >= 0.6 is 0 Å². The molecule has 1 saturated heterocycles. The Morgan fingerprint density at radius 2 is 1.85 bits per heavy atom. The van der Waals surface area contributed by atoms with Gasteiger partial charge in [-0.1, -0.05) is 12.1 Å². The van der Waals surface area contributed by atoms with Crippen molar-refractivity contribution in [1.29, 1.82) is 0 Å². The molecule has 0 aliphatic carbocycles. The molecule has 70 valence electrons. The molecule has 0 aromatic heterocycles. The van der Waals surface area contributed by atoms with E-state index in [-0.39, 0.29) is 0 Å². The highest BCUT2D eigenvalue weighted by molar-refractivity contribution is 5.57. The summed E-state index contributed by atoms with van der Waals surface area (Å²) in [7, 11) is 0. The van der Waals surface area contributed by atoms with E-state index in [0.29, 0.717) is 5.75 Å². The standard InChI is InChI=1S/C10H14N2O/c13-10-4-2-1-3-9(10)12-7-5-11-6-8-12/h1-4,11,13H,5-8H2/p+1. The predicted molar refractivity (Wildman–Crippen MR) is 52.0 cm³/mol. The Labute approximate surface area is 78.0 Å². The second kappa shape index (κ2) is 3.66. The molecule has 0 spiro atoms. The number of piperazine rings is 1. The summed E-state index contributed by atoms with van der Waals surface area (Å²) in [5.41, 5.74) is 0.968. The minimum atomic E-state index is 0.393. The zero-order valence-electron chi connectivity index (χ0n) is 7.61. The van der Waals surface area contributed by atoms with Crippen LogP contribution in [0.4, 0.5) is 5.69 Å². The van der Waals surface area contributed by atoms with Gasteiger partial charge in [0.2, 0.25) is 0 Å². The molecule has 1 heterocycles. The van der Waals surface area contributed by atoms with E-state index >= 15 is 0 Å². The predicted octanol–water partition coefficient (Wildman–Crippen LogP) is -0.224. The summed E-state index contributed by atoms with van der Waals surface area (Å²) in [6, 6.07) is 7.54. The molecule has 1 aliphatic rings. The van der Waals surface area contributed by atoms with Crippen LogP contribution in [0.3, 0.4) is 0 Å². The third-order valence-electron chi connectivity index (χ3n) is 2.43. The van der Waals surface area contributed by atoms with Crippen molar-refractivity contribution in [1.82, 2.24) is 0 Å². The molecule has 1 aromatic rings. The fourth-order valence-electron chi connectivity index (χ4n) is 1.72. The highest BCUT2D eigenvalue weighted by atomic mass is 16.3. The van der Waals surface area contributed by atoms with Crippen molar-refractivity contribution in [2.75, 3.05) is 31.1 Å². The van der Waals surface area contributed by atoms with E-state index in [0.717, 1.165) is 31.9 Å². The minimum absolute atomic E-state index is 0.393. The topological polar surface area (TPSA) is 40.1 Å². The number of anilines is 1. The number of benzene rings is 1. The van der Waals surface area contributed by atoms with E-state index in [4.69, 9.17) is 0 Å². The molecule has 1 aliphatic heterocycles. The number of nitrogens with zero attached hydrogens (tertiary/aromatic N) is 1. The van der Waals surface area contributed by atoms with Crippen LogP contribution in [0, 0.1) is 0 Å². The van der Waals surface area contributed by atoms with Gasteiger partial charge in [0.25, 0.3) is 0 Å². The summed E-state index contributed by atoms with van der Waals surface area (Å²) in [6.45, 7) is 4.29. The van der Waals surface area contributed by atoms with Gasteiger partial charge in [-0.25, -0.2) is 0 Å². The lowest BCUT2D eigenvalue weighted by Gasteiger charge is -2.27. The summed E-state index contributed by atoms with van der Waals surface area (Å²) in [5, 5.41) is 11.9. The Hall–Kier alpha value is -1.22. The first-order valence-electron chi connectivity index (χ1n) is 4.72. The molecule has 3 heteroatoms. The first-order valence-corrected chi connectivity index (χ1v) is 4.72. The van der Waals surface area contributed by atoms with Crippen LogP contribution in [-0.4, -0.2) is 31.3 Å². The average molecular weight is 179 g/mol. The van der Waals surface area contributed by atoms with E-state index in [2.05, 4.69) is 10.2 Å². The molecule has 1 aromatic carbocycles. The number of quaternary nitrogens is 1. The van der Waals surface area contributed by atoms with Gasteiger partial charge in [-0.05, 0) is 12.1 Å². The van der Waals surface area contributed by atoms with Gasteiger partial charge in [0, 0.05) is 0 Å². The van der Waals surface area contributed by atoms with Gasteiger partial charge in [0.1, 0.15) is 5.75 Å². The normalized spacial score (nSPS) is 17.4. The van der Waals surface area contributed by atoms with Crippen LogP contribution in [0.15, 0.2) is 24.3 Å². The summed E-state index contributed by atoms with van der Waals surface area (Å²) in [4.78, 5) is 2.23. The fraction of sp³-hybridized carbons (Fsp3) is 0.400. The van der Waals surface area contributed by atoms with Crippen molar-refractivity contribution in [3.8, 4) is 5.75 Å². The second-order valence-electron chi connectivity index (χ2n) is 3.34. The SMILES string of the molecule is Oc1ccccc1N1CC[NH2+]CC1. The van der Waals surface area contributed by atoms with E-state index in [9.17, 15) is 5.11 Å². The lowest BCUT2D eigenvalue weighted by Crippen LogP contribution is -2.89. The Morgan fingerprint density at radius 3 is 2.54 bits per heavy atom. The molecule has 13 heavy (non-hydrogen) atoms. The van der Waals surface area contributed by atoms with Gasteiger partial charge in [0.05, 0.1) is 31.9 Å². The molecule has 0 radical (unpaired) electrons. The van der Waals surface area contributed by atoms with E-state index in [1.54, 1.807) is 6.07 Å². The van der Waals surface area contributed by atoms with Crippen molar-refractivity contribution in [3.63, 3.8) is 0 Å². The highest BCUT2D eigenvalue weighted by Crippen LogP contribution is 2.25. The Bertz CT molecular complexity index is 282. The van der Waals surface area contributed by atoms with Crippen LogP contribution in [0.25, 0.3) is 0 Å². The van der Waals surface area contributed by atoms with Gasteiger partial charge < -0.3 is 15.3 Å². The number of hydrogen-bond acceptors (Lipinski definition) is 2. The van der Waals surface area contributed by atoms with Gasteiger partial charge >= 0.3 is 0 Å². The molecule has 0 atom stereocenters. The largest absolute Gasteiger partial charge is 0.506 e. The molecule has 2 rings (SSSR count).